The first-order chi connectivity index (χ1) is 13.5. The molecule has 8 nitrogen and oxygen atoms in total. The fraction of sp³-hybridized carbons (Fsp3) is 0.400. The molecule has 0 aliphatic carbocycles. The number of pyridine rings is 2. The number of primary amides is 1. The second kappa shape index (κ2) is 8.64. The fourth-order valence-corrected chi connectivity index (χ4v) is 3.29. The van der Waals surface area contributed by atoms with Gasteiger partial charge in [0.05, 0.1) is 37.0 Å². The topological polar surface area (TPSA) is 128 Å². The van der Waals surface area contributed by atoms with E-state index in [1.807, 2.05) is 24.3 Å². The number of carbonyl (C=O) groups excluding carboxylic acids is 1. The number of nitrogens with zero attached hydrogens (tertiary/aromatic N) is 2. The smallest absolute Gasteiger partial charge is 0.250 e. The average Bonchev–Trinajstić information content (AvgIpc) is 2.71. The Labute approximate surface area is 163 Å². The Balaban J connectivity index is 1.84. The lowest BCUT2D eigenvalue weighted by Gasteiger charge is -2.38. The van der Waals surface area contributed by atoms with E-state index in [4.69, 9.17) is 20.3 Å². The first-order valence-electron chi connectivity index (χ1n) is 9.06. The van der Waals surface area contributed by atoms with Crippen LogP contribution in [0.5, 0.6) is 5.88 Å². The van der Waals surface area contributed by atoms with Crippen LogP contribution in [0.25, 0.3) is 17.1 Å². The standard InChI is InChI=1S/C20H24N3O5/c1-27-17-7-6-16-18(23-17)13(8-10-22-16)4-5-15-3-2-9-20(28-15,19(21)26)11-14(25)12-24/h4-10,14-15,24-25H,2-3,11-12H2,1H3,(H2,21,26)/b5-4+/t14?,15-,20+/m0/s1. The van der Waals surface area contributed by atoms with E-state index in [2.05, 4.69) is 9.97 Å². The van der Waals surface area contributed by atoms with Gasteiger partial charge in [0.2, 0.25) is 11.8 Å². The number of fused-ring (bicyclic) bond motifs is 1. The number of hydrogen-bond donors (Lipinski definition) is 3. The molecule has 0 bridgehead atoms. The lowest BCUT2D eigenvalue weighted by atomic mass is 9.85. The van der Waals surface area contributed by atoms with Crippen LogP contribution in [-0.2, 0) is 9.53 Å². The molecule has 1 fully saturated rings. The summed E-state index contributed by atoms with van der Waals surface area (Å²) in [4.78, 5) is 20.8. The van der Waals surface area contributed by atoms with Crippen LogP contribution in [0.3, 0.4) is 0 Å². The van der Waals surface area contributed by atoms with Crippen LogP contribution in [0.15, 0.2) is 30.5 Å². The third-order valence-electron chi connectivity index (χ3n) is 4.74. The fourth-order valence-electron chi connectivity index (χ4n) is 3.29. The number of methoxy groups -OCH3 is 1. The number of aliphatic hydroxyl groups excluding tert-OH is 2. The van der Waals surface area contributed by atoms with E-state index in [0.29, 0.717) is 24.2 Å². The molecule has 4 N–H and O–H groups in total. The van der Waals surface area contributed by atoms with E-state index in [0.717, 1.165) is 11.1 Å². The average molecular weight is 386 g/mol. The van der Waals surface area contributed by atoms with Crippen molar-refractivity contribution in [1.29, 1.82) is 0 Å². The maximum atomic E-state index is 12.0. The molecule has 149 valence electrons. The summed E-state index contributed by atoms with van der Waals surface area (Å²) in [7, 11) is 1.55. The second-order valence-electron chi connectivity index (χ2n) is 6.71. The molecule has 0 saturated carbocycles. The normalized spacial score (nSPS) is 23.8. The summed E-state index contributed by atoms with van der Waals surface area (Å²) < 4.78 is 11.1. The van der Waals surface area contributed by atoms with Gasteiger partial charge in [-0.3, -0.25) is 9.78 Å². The van der Waals surface area contributed by atoms with E-state index >= 15 is 0 Å². The van der Waals surface area contributed by atoms with Gasteiger partial charge in [0, 0.05) is 30.7 Å². The van der Waals surface area contributed by atoms with Crippen LogP contribution >= 0.6 is 0 Å². The van der Waals surface area contributed by atoms with Gasteiger partial charge in [-0.15, -0.1) is 0 Å². The summed E-state index contributed by atoms with van der Waals surface area (Å²) in [6.07, 6.45) is 6.78. The van der Waals surface area contributed by atoms with Crippen molar-refractivity contribution >= 4 is 23.0 Å². The Kier molecular flexibility index (Phi) is 6.23. The van der Waals surface area contributed by atoms with Crippen molar-refractivity contribution in [2.45, 2.75) is 37.1 Å². The monoisotopic (exact) mass is 386 g/mol. The van der Waals surface area contributed by atoms with Crippen molar-refractivity contribution < 1.29 is 24.5 Å². The van der Waals surface area contributed by atoms with Crippen LogP contribution in [-0.4, -0.2) is 57.6 Å². The molecular weight excluding hydrogens is 362 g/mol. The third kappa shape index (κ3) is 4.30. The van der Waals surface area contributed by atoms with E-state index in [9.17, 15) is 9.90 Å². The van der Waals surface area contributed by atoms with Gasteiger partial charge in [-0.2, -0.15) is 0 Å². The molecule has 1 unspecified atom stereocenters. The maximum absolute atomic E-state index is 12.0. The molecule has 8 heteroatoms. The van der Waals surface area contributed by atoms with Crippen LogP contribution in [0, 0.1) is 6.42 Å². The van der Waals surface area contributed by atoms with Gasteiger partial charge in [-0.05, 0) is 25.0 Å². The molecule has 2 aromatic rings. The molecule has 1 saturated heterocycles. The van der Waals surface area contributed by atoms with Gasteiger partial charge in [0.25, 0.3) is 0 Å². The zero-order chi connectivity index (χ0) is 20.1. The summed E-state index contributed by atoms with van der Waals surface area (Å²) in [6.45, 7) is -0.469. The summed E-state index contributed by atoms with van der Waals surface area (Å²) in [5.74, 6) is -0.191. The van der Waals surface area contributed by atoms with Gasteiger partial charge >= 0.3 is 0 Å². The maximum Gasteiger partial charge on any atom is 0.250 e. The molecule has 3 heterocycles. The number of amides is 1. The zero-order valence-electron chi connectivity index (χ0n) is 15.6. The minimum atomic E-state index is -1.41. The molecule has 1 aliphatic rings. The van der Waals surface area contributed by atoms with Gasteiger partial charge in [-0.1, -0.05) is 12.2 Å². The number of carbonyl (C=O) groups is 1. The predicted octanol–water partition coefficient (Wildman–Crippen LogP) is 1.00. The highest BCUT2D eigenvalue weighted by atomic mass is 16.5. The van der Waals surface area contributed by atoms with Crippen LogP contribution in [0.1, 0.15) is 24.8 Å². The summed E-state index contributed by atoms with van der Waals surface area (Å²) >= 11 is 0. The van der Waals surface area contributed by atoms with Crippen molar-refractivity contribution in [2.24, 2.45) is 5.73 Å². The van der Waals surface area contributed by atoms with Crippen molar-refractivity contribution in [3.8, 4) is 5.88 Å². The Morgan fingerprint density at radius 2 is 2.32 bits per heavy atom. The van der Waals surface area contributed by atoms with Crippen LogP contribution in [0.2, 0.25) is 0 Å². The lowest BCUT2D eigenvalue weighted by Crippen LogP contribution is -2.53. The molecule has 1 amide bonds. The molecule has 3 rings (SSSR count). The predicted molar refractivity (Wildman–Crippen MR) is 103 cm³/mol. The van der Waals surface area contributed by atoms with Crippen LogP contribution in [0.4, 0.5) is 0 Å². The first-order valence-corrected chi connectivity index (χ1v) is 9.06. The molecule has 3 atom stereocenters. The van der Waals surface area contributed by atoms with Crippen molar-refractivity contribution in [2.75, 3.05) is 13.7 Å². The van der Waals surface area contributed by atoms with Crippen molar-refractivity contribution in [3.05, 3.63) is 42.5 Å². The number of nitrogens with two attached hydrogens (primary N) is 1. The number of ether oxygens (including phenoxy) is 2. The zero-order valence-corrected chi connectivity index (χ0v) is 15.6. The van der Waals surface area contributed by atoms with Gasteiger partial charge < -0.3 is 25.4 Å². The summed E-state index contributed by atoms with van der Waals surface area (Å²) in [5.41, 5.74) is 6.39. The highest BCUT2D eigenvalue weighted by molar-refractivity contribution is 5.86. The Morgan fingerprint density at radius 1 is 1.50 bits per heavy atom. The minimum Gasteiger partial charge on any atom is -0.481 e. The lowest BCUT2D eigenvalue weighted by molar-refractivity contribution is -0.154. The molecule has 28 heavy (non-hydrogen) atoms. The highest BCUT2D eigenvalue weighted by Crippen LogP contribution is 2.33. The molecular formula is C20H24N3O5. The molecule has 0 spiro atoms. The van der Waals surface area contributed by atoms with E-state index in [1.54, 1.807) is 25.8 Å². The molecule has 1 aliphatic heterocycles. The summed E-state index contributed by atoms with van der Waals surface area (Å²) in [5, 5.41) is 18.9. The van der Waals surface area contributed by atoms with Gasteiger partial charge in [0.1, 0.15) is 0 Å². The quantitative estimate of drug-likeness (QED) is 0.648. The SMILES string of the molecule is COc1ccc2nccc(/C=C/[C@@H]3CC[CH][C@@](CC(O)CO)(C(N)=O)O3)c2n1. The van der Waals surface area contributed by atoms with Crippen molar-refractivity contribution in [1.82, 2.24) is 9.97 Å². The number of aromatic nitrogens is 2. The van der Waals surface area contributed by atoms with Gasteiger partial charge in [0.15, 0.2) is 5.60 Å². The molecule has 0 aromatic carbocycles. The highest BCUT2D eigenvalue weighted by Gasteiger charge is 2.43. The van der Waals surface area contributed by atoms with Gasteiger partial charge in [-0.25, -0.2) is 4.98 Å². The van der Waals surface area contributed by atoms with Crippen LogP contribution < -0.4 is 10.5 Å². The third-order valence-corrected chi connectivity index (χ3v) is 4.74. The van der Waals surface area contributed by atoms with E-state index in [-0.39, 0.29) is 12.5 Å². The van der Waals surface area contributed by atoms with E-state index < -0.39 is 24.2 Å². The Hall–Kier alpha value is -2.55. The molecule has 2 aromatic heterocycles. The number of hydrogen-bond acceptors (Lipinski definition) is 7. The number of rotatable bonds is 7. The Morgan fingerprint density at radius 3 is 3.04 bits per heavy atom. The first kappa shape index (κ1) is 20.2. The largest absolute Gasteiger partial charge is 0.481 e. The Bertz CT molecular complexity index is 872. The minimum absolute atomic E-state index is 0.0832. The molecule has 1 radical (unpaired) electrons. The summed E-state index contributed by atoms with van der Waals surface area (Å²) in [6, 6.07) is 5.41. The second-order valence-corrected chi connectivity index (χ2v) is 6.71. The number of aliphatic hydroxyl groups is 2. The van der Waals surface area contributed by atoms with Crippen molar-refractivity contribution in [3.63, 3.8) is 0 Å². The van der Waals surface area contributed by atoms with E-state index in [1.165, 1.54) is 0 Å².